The van der Waals surface area contributed by atoms with Crippen LogP contribution in [0.1, 0.15) is 34.0 Å². The maximum atomic E-state index is 13.1. The first-order valence-electron chi connectivity index (χ1n) is 11.2. The zero-order valence-corrected chi connectivity index (χ0v) is 21.6. The molecule has 0 bridgehead atoms. The molecule has 0 unspecified atom stereocenters. The van der Waals surface area contributed by atoms with Gasteiger partial charge in [0.15, 0.2) is 0 Å². The van der Waals surface area contributed by atoms with E-state index in [-0.39, 0.29) is 16.1 Å². The van der Waals surface area contributed by atoms with Gasteiger partial charge in [0.25, 0.3) is 10.0 Å². The normalized spacial score (nSPS) is 11.2. The summed E-state index contributed by atoms with van der Waals surface area (Å²) < 4.78 is 60.6. The molecule has 3 aromatic carbocycles. The molecule has 0 heterocycles. The number of carboxylic acids is 2. The molecule has 0 fully saturated rings. The first-order valence-corrected chi connectivity index (χ1v) is 12.7. The maximum absolute atomic E-state index is 13.1. The molecule has 0 aliphatic heterocycles. The molecule has 0 saturated carbocycles. The van der Waals surface area contributed by atoms with Crippen LogP contribution in [0, 0.1) is 13.8 Å². The Bertz CT molecular complexity index is 1370. The molecule has 0 aromatic heterocycles. The van der Waals surface area contributed by atoms with Crippen molar-refractivity contribution in [3.63, 3.8) is 0 Å². The number of hydrogen-bond acceptors (Lipinski definition) is 5. The molecule has 0 spiro atoms. The Morgan fingerprint density at radius 2 is 1.47 bits per heavy atom. The van der Waals surface area contributed by atoms with Crippen molar-refractivity contribution in [1.29, 1.82) is 0 Å². The van der Waals surface area contributed by atoms with Crippen LogP contribution in [0.15, 0.2) is 71.6 Å². The highest BCUT2D eigenvalue weighted by atomic mass is 32.2. The van der Waals surface area contributed by atoms with Crippen LogP contribution >= 0.6 is 0 Å². The molecule has 0 aliphatic rings. The molecule has 3 N–H and O–H groups in total. The SMILES string of the molecule is CCN(Cc1ccccc1)c1ccc(C(=O)O)cc1NS(=O)(=O)c1cc(C)cc(C)c1.O=C(O)C(F)(F)F. The van der Waals surface area contributed by atoms with Gasteiger partial charge in [-0.3, -0.25) is 4.72 Å². The van der Waals surface area contributed by atoms with Gasteiger partial charge < -0.3 is 15.1 Å². The molecule has 0 atom stereocenters. The van der Waals surface area contributed by atoms with Crippen molar-refractivity contribution < 1.29 is 41.4 Å². The number of rotatable bonds is 8. The third-order valence-electron chi connectivity index (χ3n) is 5.17. The van der Waals surface area contributed by atoms with Gasteiger partial charge in [-0.15, -0.1) is 0 Å². The predicted octanol–water partition coefficient (Wildman–Crippen LogP) is 5.46. The summed E-state index contributed by atoms with van der Waals surface area (Å²) >= 11 is 0. The molecule has 3 rings (SSSR count). The summed E-state index contributed by atoms with van der Waals surface area (Å²) in [6, 6.07) is 19.4. The van der Waals surface area contributed by atoms with E-state index in [9.17, 15) is 31.5 Å². The van der Waals surface area contributed by atoms with Gasteiger partial charge in [-0.1, -0.05) is 36.4 Å². The largest absolute Gasteiger partial charge is 0.490 e. The Labute approximate surface area is 218 Å². The number of alkyl halides is 3. The molecule has 0 radical (unpaired) electrons. The summed E-state index contributed by atoms with van der Waals surface area (Å²) in [7, 11) is -3.91. The van der Waals surface area contributed by atoms with Crippen molar-refractivity contribution in [2.75, 3.05) is 16.2 Å². The van der Waals surface area contributed by atoms with Crippen LogP contribution in [-0.2, 0) is 21.4 Å². The number of carboxylic acid groups (broad SMARTS) is 2. The molecule has 0 saturated heterocycles. The standard InChI is InChI=1S/C24H26N2O4S.C2HF3O2/c1-4-26(16-19-8-6-5-7-9-19)23-11-10-20(24(27)28)15-22(23)25-31(29,30)21-13-17(2)12-18(3)14-21;3-2(4,5)1(6)7/h5-15,25H,4,16H2,1-3H3,(H,27,28);(H,6,7). The Kier molecular flexibility index (Phi) is 9.89. The van der Waals surface area contributed by atoms with E-state index in [1.165, 1.54) is 12.1 Å². The van der Waals surface area contributed by atoms with Crippen LogP contribution < -0.4 is 9.62 Å². The van der Waals surface area contributed by atoms with Crippen molar-refractivity contribution >= 4 is 33.3 Å². The van der Waals surface area contributed by atoms with E-state index >= 15 is 0 Å². The number of hydrogen-bond donors (Lipinski definition) is 3. The average molecular weight is 553 g/mol. The summed E-state index contributed by atoms with van der Waals surface area (Å²) in [5.41, 5.74) is 3.59. The zero-order chi connectivity index (χ0) is 28.7. The van der Waals surface area contributed by atoms with Crippen molar-refractivity contribution in [3.05, 3.63) is 89.0 Å². The lowest BCUT2D eigenvalue weighted by molar-refractivity contribution is -0.192. The Balaban J connectivity index is 0.000000638. The van der Waals surface area contributed by atoms with Crippen molar-refractivity contribution in [2.45, 2.75) is 38.4 Å². The second kappa shape index (κ2) is 12.5. The highest BCUT2D eigenvalue weighted by Gasteiger charge is 2.38. The molecule has 204 valence electrons. The number of aromatic carboxylic acids is 1. The minimum Gasteiger partial charge on any atom is -0.478 e. The molecule has 38 heavy (non-hydrogen) atoms. The monoisotopic (exact) mass is 552 g/mol. The van der Waals surface area contributed by atoms with Gasteiger partial charge in [0.1, 0.15) is 0 Å². The van der Waals surface area contributed by atoms with E-state index in [1.54, 1.807) is 18.2 Å². The van der Waals surface area contributed by atoms with Gasteiger partial charge in [0.05, 0.1) is 21.8 Å². The third-order valence-corrected chi connectivity index (χ3v) is 6.52. The lowest BCUT2D eigenvalue weighted by Crippen LogP contribution is -2.24. The number of anilines is 2. The minimum atomic E-state index is -5.08. The molecule has 3 aromatic rings. The van der Waals surface area contributed by atoms with Crippen LogP contribution in [0.4, 0.5) is 24.5 Å². The maximum Gasteiger partial charge on any atom is 0.490 e. The first-order chi connectivity index (χ1) is 17.6. The van der Waals surface area contributed by atoms with E-state index in [4.69, 9.17) is 9.90 Å². The lowest BCUT2D eigenvalue weighted by atomic mass is 10.1. The second-order valence-corrected chi connectivity index (χ2v) is 9.95. The molecule has 0 amide bonds. The summed E-state index contributed by atoms with van der Waals surface area (Å²) in [5.74, 6) is -3.88. The van der Waals surface area contributed by atoms with E-state index < -0.39 is 28.1 Å². The fourth-order valence-corrected chi connectivity index (χ4v) is 4.74. The number of nitrogens with zero attached hydrogens (tertiary/aromatic N) is 1. The van der Waals surface area contributed by atoms with E-state index in [0.29, 0.717) is 18.8 Å². The second-order valence-electron chi connectivity index (χ2n) is 8.27. The molecule has 0 aliphatic carbocycles. The molecule has 8 nitrogen and oxygen atoms in total. The number of aryl methyl sites for hydroxylation is 2. The summed E-state index contributed by atoms with van der Waals surface area (Å²) in [6.07, 6.45) is -5.08. The Morgan fingerprint density at radius 1 is 0.921 bits per heavy atom. The fourth-order valence-electron chi connectivity index (χ4n) is 3.49. The number of aliphatic carboxylic acids is 1. The molecular weight excluding hydrogens is 525 g/mol. The van der Waals surface area contributed by atoms with Gasteiger partial charge in [0.2, 0.25) is 0 Å². The number of carbonyl (C=O) groups is 2. The van der Waals surface area contributed by atoms with E-state index in [2.05, 4.69) is 4.72 Å². The predicted molar refractivity (Wildman–Crippen MR) is 137 cm³/mol. The molecule has 12 heteroatoms. The smallest absolute Gasteiger partial charge is 0.478 e. The third kappa shape index (κ3) is 8.51. The number of sulfonamides is 1. The number of nitrogens with one attached hydrogen (secondary N) is 1. The van der Waals surface area contributed by atoms with Crippen molar-refractivity contribution in [3.8, 4) is 0 Å². The minimum absolute atomic E-state index is 0.0117. The summed E-state index contributed by atoms with van der Waals surface area (Å²) in [5, 5.41) is 16.6. The van der Waals surface area contributed by atoms with Gasteiger partial charge in [-0.05, 0) is 67.8 Å². The highest BCUT2D eigenvalue weighted by Crippen LogP contribution is 2.31. The topological polar surface area (TPSA) is 124 Å². The summed E-state index contributed by atoms with van der Waals surface area (Å²) in [6.45, 7) is 6.81. The number of halogens is 3. The van der Waals surface area contributed by atoms with Gasteiger partial charge in [-0.25, -0.2) is 18.0 Å². The highest BCUT2D eigenvalue weighted by molar-refractivity contribution is 7.92. The Hall–Kier alpha value is -4.06. The zero-order valence-electron chi connectivity index (χ0n) is 20.8. The van der Waals surface area contributed by atoms with E-state index in [0.717, 1.165) is 16.7 Å². The Morgan fingerprint density at radius 3 is 1.95 bits per heavy atom. The first kappa shape index (κ1) is 30.2. The van der Waals surface area contributed by atoms with E-state index in [1.807, 2.05) is 62.1 Å². The van der Waals surface area contributed by atoms with Crippen LogP contribution in [0.2, 0.25) is 0 Å². The fraction of sp³-hybridized carbons (Fsp3) is 0.231. The van der Waals surface area contributed by atoms with Crippen molar-refractivity contribution in [2.24, 2.45) is 0 Å². The average Bonchev–Trinajstić information content (AvgIpc) is 2.82. The van der Waals surface area contributed by atoms with Crippen LogP contribution in [0.25, 0.3) is 0 Å². The lowest BCUT2D eigenvalue weighted by Gasteiger charge is -2.26. The van der Waals surface area contributed by atoms with Gasteiger partial charge in [0, 0.05) is 13.1 Å². The van der Waals surface area contributed by atoms with Crippen molar-refractivity contribution in [1.82, 2.24) is 0 Å². The number of benzene rings is 3. The molecular formula is C26H27F3N2O6S. The van der Waals surface area contributed by atoms with Crippen LogP contribution in [-0.4, -0.2) is 43.3 Å². The van der Waals surface area contributed by atoms with Gasteiger partial charge in [-0.2, -0.15) is 13.2 Å². The summed E-state index contributed by atoms with van der Waals surface area (Å²) in [4.78, 5) is 22.6. The van der Waals surface area contributed by atoms with Crippen LogP contribution in [0.3, 0.4) is 0 Å². The van der Waals surface area contributed by atoms with Crippen LogP contribution in [0.5, 0.6) is 0 Å². The quantitative estimate of drug-likeness (QED) is 0.339. The van der Waals surface area contributed by atoms with Gasteiger partial charge >= 0.3 is 18.1 Å².